The molecule has 0 spiro atoms. The normalized spacial score (nSPS) is 10.4. The third-order valence-corrected chi connectivity index (χ3v) is 1.64. The van der Waals surface area contributed by atoms with Crippen LogP contribution in [0.1, 0.15) is 5.69 Å². The van der Waals surface area contributed by atoms with Crippen molar-refractivity contribution in [3.63, 3.8) is 0 Å². The first-order valence-electron chi connectivity index (χ1n) is 3.60. The lowest BCUT2D eigenvalue weighted by molar-refractivity contribution is 1.18. The van der Waals surface area contributed by atoms with E-state index in [-0.39, 0.29) is 0 Å². The number of fused-ring (bicyclic) bond motifs is 1. The number of hydrogen-bond donors (Lipinski definition) is 1. The monoisotopic (exact) mass is 160 g/mol. The zero-order valence-corrected chi connectivity index (χ0v) is 6.65. The van der Waals surface area contributed by atoms with Gasteiger partial charge in [0.15, 0.2) is 0 Å². The van der Waals surface area contributed by atoms with Crippen LogP contribution in [0.5, 0.6) is 0 Å². The van der Waals surface area contributed by atoms with Crippen LogP contribution in [0.25, 0.3) is 10.9 Å². The van der Waals surface area contributed by atoms with E-state index in [1.165, 1.54) is 6.33 Å². The number of hydrogen-bond acceptors (Lipinski definition) is 4. The second-order valence-electron chi connectivity index (χ2n) is 2.61. The van der Waals surface area contributed by atoms with Crippen molar-refractivity contribution in [1.29, 1.82) is 0 Å². The van der Waals surface area contributed by atoms with Gasteiger partial charge in [0.25, 0.3) is 0 Å². The van der Waals surface area contributed by atoms with E-state index in [1.54, 1.807) is 6.20 Å². The van der Waals surface area contributed by atoms with Crippen LogP contribution < -0.4 is 5.73 Å². The van der Waals surface area contributed by atoms with Gasteiger partial charge in [-0.2, -0.15) is 0 Å². The molecule has 2 aromatic rings. The van der Waals surface area contributed by atoms with Crippen molar-refractivity contribution in [2.75, 3.05) is 5.73 Å². The summed E-state index contributed by atoms with van der Waals surface area (Å²) in [6.07, 6.45) is 3.20. The zero-order valence-electron chi connectivity index (χ0n) is 6.65. The van der Waals surface area contributed by atoms with Gasteiger partial charge in [-0.25, -0.2) is 15.0 Å². The number of nitrogens with zero attached hydrogens (tertiary/aromatic N) is 3. The highest BCUT2D eigenvalue weighted by molar-refractivity contribution is 5.86. The lowest BCUT2D eigenvalue weighted by atomic mass is 10.2. The van der Waals surface area contributed by atoms with Gasteiger partial charge in [0, 0.05) is 17.3 Å². The Balaban J connectivity index is 2.89. The molecule has 0 aliphatic rings. The van der Waals surface area contributed by atoms with Crippen molar-refractivity contribution in [2.45, 2.75) is 6.92 Å². The molecule has 2 aromatic heterocycles. The summed E-state index contributed by atoms with van der Waals surface area (Å²) in [6, 6.07) is 1.91. The largest absolute Gasteiger partial charge is 0.382 e. The van der Waals surface area contributed by atoms with Crippen LogP contribution in [-0.2, 0) is 0 Å². The first-order chi connectivity index (χ1) is 5.77. The topological polar surface area (TPSA) is 64.7 Å². The third-order valence-electron chi connectivity index (χ3n) is 1.64. The van der Waals surface area contributed by atoms with Crippen LogP contribution in [0.3, 0.4) is 0 Å². The predicted molar refractivity (Wildman–Crippen MR) is 46.5 cm³/mol. The molecule has 0 radical (unpaired) electrons. The van der Waals surface area contributed by atoms with Crippen LogP contribution in [0, 0.1) is 6.92 Å². The number of pyridine rings is 1. The third kappa shape index (κ3) is 0.972. The standard InChI is InChI=1S/C8H8N4/c1-5-2-6-3-10-4-11-7(6)8(9)12-5/h2-4H,1H3,(H2,9,12). The summed E-state index contributed by atoms with van der Waals surface area (Å²) in [4.78, 5) is 12.0. The second-order valence-corrected chi connectivity index (χ2v) is 2.61. The quantitative estimate of drug-likeness (QED) is 0.622. The SMILES string of the molecule is Cc1cc2cncnc2c(N)n1. The fraction of sp³-hybridized carbons (Fsp3) is 0.125. The van der Waals surface area contributed by atoms with Gasteiger partial charge in [-0.1, -0.05) is 0 Å². The molecule has 0 fully saturated rings. The van der Waals surface area contributed by atoms with Gasteiger partial charge >= 0.3 is 0 Å². The van der Waals surface area contributed by atoms with E-state index in [4.69, 9.17) is 5.73 Å². The Kier molecular flexibility index (Phi) is 1.40. The average Bonchev–Trinajstić information content (AvgIpc) is 2.04. The number of aromatic nitrogens is 3. The number of nitrogen functional groups attached to an aromatic ring is 1. The van der Waals surface area contributed by atoms with Crippen molar-refractivity contribution in [1.82, 2.24) is 15.0 Å². The molecular weight excluding hydrogens is 152 g/mol. The second kappa shape index (κ2) is 2.41. The highest BCUT2D eigenvalue weighted by Gasteiger charge is 2.00. The Hall–Kier alpha value is -1.71. The van der Waals surface area contributed by atoms with Gasteiger partial charge < -0.3 is 5.73 Å². The summed E-state index contributed by atoms with van der Waals surface area (Å²) in [6.45, 7) is 1.89. The molecule has 4 nitrogen and oxygen atoms in total. The van der Waals surface area contributed by atoms with Gasteiger partial charge in [0.05, 0.1) is 0 Å². The van der Waals surface area contributed by atoms with Gasteiger partial charge in [0.1, 0.15) is 17.7 Å². The van der Waals surface area contributed by atoms with Crippen LogP contribution in [-0.4, -0.2) is 15.0 Å². The molecule has 2 N–H and O–H groups in total. The Labute approximate surface area is 69.5 Å². The first-order valence-corrected chi connectivity index (χ1v) is 3.60. The lowest BCUT2D eigenvalue weighted by Crippen LogP contribution is -1.95. The molecule has 0 atom stereocenters. The van der Waals surface area contributed by atoms with E-state index in [0.29, 0.717) is 5.82 Å². The number of rotatable bonds is 0. The molecule has 0 saturated heterocycles. The maximum atomic E-state index is 5.66. The highest BCUT2D eigenvalue weighted by atomic mass is 14.9. The Morgan fingerprint density at radius 2 is 2.25 bits per heavy atom. The lowest BCUT2D eigenvalue weighted by Gasteiger charge is -1.99. The summed E-state index contributed by atoms with van der Waals surface area (Å²) in [5.74, 6) is 0.465. The van der Waals surface area contributed by atoms with E-state index >= 15 is 0 Å². The zero-order chi connectivity index (χ0) is 8.55. The van der Waals surface area contributed by atoms with Crippen molar-refractivity contribution in [3.8, 4) is 0 Å². The van der Waals surface area contributed by atoms with E-state index in [2.05, 4.69) is 15.0 Å². The number of nitrogens with two attached hydrogens (primary N) is 1. The van der Waals surface area contributed by atoms with E-state index in [1.807, 2.05) is 13.0 Å². The average molecular weight is 160 g/mol. The molecule has 2 heterocycles. The van der Waals surface area contributed by atoms with Crippen molar-refractivity contribution in [3.05, 3.63) is 24.3 Å². The fourth-order valence-electron chi connectivity index (χ4n) is 1.16. The summed E-state index contributed by atoms with van der Waals surface area (Å²) in [5, 5.41) is 0.933. The molecule has 60 valence electrons. The summed E-state index contributed by atoms with van der Waals surface area (Å²) in [5.41, 5.74) is 7.26. The van der Waals surface area contributed by atoms with Gasteiger partial charge in [0.2, 0.25) is 0 Å². The summed E-state index contributed by atoms with van der Waals surface area (Å²) in [7, 11) is 0. The maximum absolute atomic E-state index is 5.66. The Bertz CT molecular complexity index is 424. The molecule has 0 aromatic carbocycles. The highest BCUT2D eigenvalue weighted by Crippen LogP contribution is 2.15. The van der Waals surface area contributed by atoms with Gasteiger partial charge in [-0.15, -0.1) is 0 Å². The van der Waals surface area contributed by atoms with Crippen molar-refractivity contribution >= 4 is 16.7 Å². The van der Waals surface area contributed by atoms with E-state index in [0.717, 1.165) is 16.6 Å². The van der Waals surface area contributed by atoms with Gasteiger partial charge in [-0.05, 0) is 13.0 Å². The van der Waals surface area contributed by atoms with Crippen LogP contribution in [0.2, 0.25) is 0 Å². The molecule has 0 bridgehead atoms. The molecule has 4 heteroatoms. The summed E-state index contributed by atoms with van der Waals surface area (Å²) < 4.78 is 0. The molecule has 0 amide bonds. The van der Waals surface area contributed by atoms with Crippen molar-refractivity contribution in [2.24, 2.45) is 0 Å². The number of aryl methyl sites for hydroxylation is 1. The van der Waals surface area contributed by atoms with Crippen LogP contribution in [0.15, 0.2) is 18.6 Å². The molecule has 2 rings (SSSR count). The van der Waals surface area contributed by atoms with E-state index in [9.17, 15) is 0 Å². The Morgan fingerprint density at radius 1 is 1.42 bits per heavy atom. The molecule has 12 heavy (non-hydrogen) atoms. The maximum Gasteiger partial charge on any atom is 0.150 e. The fourth-order valence-corrected chi connectivity index (χ4v) is 1.16. The van der Waals surface area contributed by atoms with Crippen LogP contribution >= 0.6 is 0 Å². The minimum Gasteiger partial charge on any atom is -0.382 e. The molecule has 0 unspecified atom stereocenters. The first kappa shape index (κ1) is 6.97. The minimum atomic E-state index is 0.465. The van der Waals surface area contributed by atoms with Crippen LogP contribution in [0.4, 0.5) is 5.82 Å². The molecular formula is C8H8N4. The number of anilines is 1. The van der Waals surface area contributed by atoms with Gasteiger partial charge in [-0.3, -0.25) is 0 Å². The van der Waals surface area contributed by atoms with Crippen molar-refractivity contribution < 1.29 is 0 Å². The summed E-state index contributed by atoms with van der Waals surface area (Å²) >= 11 is 0. The molecule has 0 aliphatic carbocycles. The van der Waals surface area contributed by atoms with E-state index < -0.39 is 0 Å². The predicted octanol–water partition coefficient (Wildman–Crippen LogP) is 0.915. The molecule has 0 saturated carbocycles. The smallest absolute Gasteiger partial charge is 0.150 e. The molecule has 0 aliphatic heterocycles. The minimum absolute atomic E-state index is 0.465. The Morgan fingerprint density at radius 3 is 3.08 bits per heavy atom.